The number of rotatable bonds is 5. The molecule has 1 aromatic rings. The van der Waals surface area contributed by atoms with Crippen molar-refractivity contribution in [1.29, 1.82) is 0 Å². The predicted molar refractivity (Wildman–Crippen MR) is 88.0 cm³/mol. The number of benzene rings is 1. The molecule has 0 spiro atoms. The molecule has 4 atom stereocenters. The van der Waals surface area contributed by atoms with Crippen LogP contribution in [0.25, 0.3) is 0 Å². The average molecular weight is 337 g/mol. The zero-order valence-corrected chi connectivity index (χ0v) is 14.3. The van der Waals surface area contributed by atoms with E-state index in [1.54, 1.807) is 12.1 Å². The van der Waals surface area contributed by atoms with Crippen molar-refractivity contribution < 1.29 is 17.9 Å². The second-order valence-electron chi connectivity index (χ2n) is 6.73. The van der Waals surface area contributed by atoms with Gasteiger partial charge < -0.3 is 4.74 Å². The Balaban J connectivity index is 1.76. The highest BCUT2D eigenvalue weighted by atomic mass is 32.2. The van der Waals surface area contributed by atoms with E-state index < -0.39 is 21.7 Å². The molecule has 0 aliphatic carbocycles. The summed E-state index contributed by atoms with van der Waals surface area (Å²) in [5, 5.41) is 0. The van der Waals surface area contributed by atoms with Crippen LogP contribution in [-0.4, -0.2) is 56.5 Å². The molecule has 2 saturated heterocycles. The van der Waals surface area contributed by atoms with Crippen molar-refractivity contribution in [1.82, 2.24) is 4.90 Å². The first kappa shape index (κ1) is 16.5. The Hall–Kier alpha value is -1.40. The number of fused-ring (bicyclic) bond motifs is 2. The SMILES string of the molecule is CN1[C@H]2CC[C@@H]1[C@@H](OC(=O)[C@@H](CS(C)(=O)=O)c1ccccc1)C2. The maximum absolute atomic E-state index is 12.7. The molecule has 0 unspecified atom stereocenters. The summed E-state index contributed by atoms with van der Waals surface area (Å²) >= 11 is 0. The highest BCUT2D eigenvalue weighted by Gasteiger charge is 2.46. The largest absolute Gasteiger partial charge is 0.460 e. The number of hydrogen-bond acceptors (Lipinski definition) is 5. The average Bonchev–Trinajstić information content (AvgIpc) is 2.99. The summed E-state index contributed by atoms with van der Waals surface area (Å²) in [6.45, 7) is 0. The zero-order valence-electron chi connectivity index (χ0n) is 13.5. The minimum absolute atomic E-state index is 0.114. The van der Waals surface area contributed by atoms with Crippen molar-refractivity contribution in [3.05, 3.63) is 35.9 Å². The van der Waals surface area contributed by atoms with Gasteiger partial charge in [0.05, 0.1) is 11.7 Å². The number of hydrogen-bond donors (Lipinski definition) is 0. The van der Waals surface area contributed by atoms with Gasteiger partial charge in [0.15, 0.2) is 0 Å². The van der Waals surface area contributed by atoms with Gasteiger partial charge in [0.25, 0.3) is 0 Å². The molecule has 2 aliphatic rings. The van der Waals surface area contributed by atoms with Crippen LogP contribution in [0.5, 0.6) is 0 Å². The highest BCUT2D eigenvalue weighted by molar-refractivity contribution is 7.90. The van der Waals surface area contributed by atoms with E-state index in [-0.39, 0.29) is 17.9 Å². The number of likely N-dealkylation sites (N-methyl/N-ethyl adjacent to an activating group) is 1. The molecule has 6 heteroatoms. The number of carbonyl (C=O) groups excluding carboxylic acids is 1. The van der Waals surface area contributed by atoms with Gasteiger partial charge >= 0.3 is 5.97 Å². The smallest absolute Gasteiger partial charge is 0.314 e. The summed E-state index contributed by atoms with van der Waals surface area (Å²) in [6.07, 6.45) is 4.09. The summed E-state index contributed by atoms with van der Waals surface area (Å²) in [7, 11) is -1.21. The number of ether oxygens (including phenoxy) is 1. The molecule has 0 aromatic heterocycles. The molecule has 0 radical (unpaired) electrons. The molecule has 2 aliphatic heterocycles. The number of carbonyl (C=O) groups is 1. The molecular formula is C17H23NO4S. The summed E-state index contributed by atoms with van der Waals surface area (Å²) in [5.74, 6) is -1.39. The van der Waals surface area contributed by atoms with Gasteiger partial charge in [-0.1, -0.05) is 30.3 Å². The van der Waals surface area contributed by atoms with Crippen molar-refractivity contribution in [2.45, 2.75) is 43.4 Å². The van der Waals surface area contributed by atoms with E-state index >= 15 is 0 Å². The second kappa shape index (κ2) is 6.24. The van der Waals surface area contributed by atoms with E-state index in [0.717, 1.165) is 25.5 Å². The lowest BCUT2D eigenvalue weighted by molar-refractivity contribution is -0.151. The van der Waals surface area contributed by atoms with Crippen molar-refractivity contribution >= 4 is 15.8 Å². The molecular weight excluding hydrogens is 314 g/mol. The fraction of sp³-hybridized carbons (Fsp3) is 0.588. The summed E-state index contributed by atoms with van der Waals surface area (Å²) in [4.78, 5) is 14.9. The van der Waals surface area contributed by atoms with Crippen molar-refractivity contribution in [3.8, 4) is 0 Å². The summed E-state index contributed by atoms with van der Waals surface area (Å²) < 4.78 is 29.2. The predicted octanol–water partition coefficient (Wildman–Crippen LogP) is 1.59. The second-order valence-corrected chi connectivity index (χ2v) is 8.92. The van der Waals surface area contributed by atoms with Gasteiger partial charge in [-0.2, -0.15) is 0 Å². The third-order valence-electron chi connectivity index (χ3n) is 5.05. The number of nitrogens with zero attached hydrogens (tertiary/aromatic N) is 1. The van der Waals surface area contributed by atoms with Crippen LogP contribution in [0.1, 0.15) is 30.7 Å². The van der Waals surface area contributed by atoms with Crippen LogP contribution in [0.15, 0.2) is 30.3 Å². The van der Waals surface area contributed by atoms with Gasteiger partial charge in [0, 0.05) is 24.8 Å². The minimum atomic E-state index is -3.28. The Kier molecular flexibility index (Phi) is 4.47. The molecule has 2 fully saturated rings. The van der Waals surface area contributed by atoms with Crippen LogP contribution in [0.3, 0.4) is 0 Å². The van der Waals surface area contributed by atoms with E-state index in [2.05, 4.69) is 11.9 Å². The van der Waals surface area contributed by atoms with Crippen molar-refractivity contribution in [2.75, 3.05) is 19.1 Å². The standard InChI is InChI=1S/C17H23NO4S/c1-18-13-8-9-15(18)16(10-13)22-17(19)14(11-23(2,20)21)12-6-4-3-5-7-12/h3-7,13-16H,8-11H2,1-2H3/t13-,14-,15+,16-/m0/s1. The van der Waals surface area contributed by atoms with E-state index in [9.17, 15) is 13.2 Å². The van der Waals surface area contributed by atoms with E-state index in [0.29, 0.717) is 11.6 Å². The third kappa shape index (κ3) is 3.58. The Morgan fingerprint density at radius 1 is 1.30 bits per heavy atom. The quantitative estimate of drug-likeness (QED) is 0.764. The van der Waals surface area contributed by atoms with Crippen molar-refractivity contribution in [2.24, 2.45) is 0 Å². The van der Waals surface area contributed by atoms with Crippen molar-refractivity contribution in [3.63, 3.8) is 0 Å². The van der Waals surface area contributed by atoms with Crippen LogP contribution in [0.2, 0.25) is 0 Å². The third-order valence-corrected chi connectivity index (χ3v) is 5.99. The molecule has 3 rings (SSSR count). The van der Waals surface area contributed by atoms with Gasteiger partial charge in [-0.25, -0.2) is 8.42 Å². The lowest BCUT2D eigenvalue weighted by atomic mass is 9.97. The molecule has 0 amide bonds. The van der Waals surface area contributed by atoms with Gasteiger partial charge in [-0.05, 0) is 25.5 Å². The van der Waals surface area contributed by atoms with Crippen LogP contribution in [0.4, 0.5) is 0 Å². The maximum Gasteiger partial charge on any atom is 0.314 e. The molecule has 126 valence electrons. The summed E-state index contributed by atoms with van der Waals surface area (Å²) in [5.41, 5.74) is 0.694. The topological polar surface area (TPSA) is 63.7 Å². The molecule has 2 bridgehead atoms. The fourth-order valence-corrected chi connectivity index (χ4v) is 4.78. The van der Waals surface area contributed by atoms with E-state index in [1.165, 1.54) is 0 Å². The van der Waals surface area contributed by atoms with Crippen LogP contribution in [-0.2, 0) is 19.4 Å². The first-order chi connectivity index (χ1) is 10.8. The molecule has 0 saturated carbocycles. The number of esters is 1. The minimum Gasteiger partial charge on any atom is -0.460 e. The fourth-order valence-electron chi connectivity index (χ4n) is 3.85. The zero-order chi connectivity index (χ0) is 16.6. The highest BCUT2D eigenvalue weighted by Crippen LogP contribution is 2.38. The molecule has 2 heterocycles. The monoisotopic (exact) mass is 337 g/mol. The van der Waals surface area contributed by atoms with Crippen LogP contribution in [0, 0.1) is 0 Å². The lowest BCUT2D eigenvalue weighted by Crippen LogP contribution is -2.35. The van der Waals surface area contributed by atoms with Crippen LogP contribution >= 0.6 is 0 Å². The Bertz CT molecular complexity index is 673. The van der Waals surface area contributed by atoms with Gasteiger partial charge in [0.2, 0.25) is 0 Å². The lowest BCUT2D eigenvalue weighted by Gasteiger charge is -2.24. The Morgan fingerprint density at radius 3 is 2.52 bits per heavy atom. The van der Waals surface area contributed by atoms with Gasteiger partial charge in [-0.15, -0.1) is 0 Å². The first-order valence-electron chi connectivity index (χ1n) is 8.00. The van der Waals surface area contributed by atoms with E-state index in [4.69, 9.17) is 4.74 Å². The Morgan fingerprint density at radius 2 is 2.00 bits per heavy atom. The molecule has 23 heavy (non-hydrogen) atoms. The maximum atomic E-state index is 12.7. The number of sulfone groups is 1. The molecule has 5 nitrogen and oxygen atoms in total. The first-order valence-corrected chi connectivity index (χ1v) is 10.1. The van der Waals surface area contributed by atoms with Gasteiger partial charge in [0.1, 0.15) is 15.9 Å². The van der Waals surface area contributed by atoms with E-state index in [1.807, 2.05) is 18.2 Å². The normalized spacial score (nSPS) is 28.7. The van der Waals surface area contributed by atoms with Crippen LogP contribution < -0.4 is 0 Å². The Labute approximate surface area is 137 Å². The summed E-state index contributed by atoms with van der Waals surface area (Å²) in [6, 6.07) is 9.79. The van der Waals surface area contributed by atoms with Gasteiger partial charge in [-0.3, -0.25) is 9.69 Å². The molecule has 1 aromatic carbocycles. The molecule has 0 N–H and O–H groups in total.